The van der Waals surface area contributed by atoms with Crippen molar-refractivity contribution >= 4 is 10.0 Å². The van der Waals surface area contributed by atoms with Crippen molar-refractivity contribution in [2.24, 2.45) is 0 Å². The van der Waals surface area contributed by atoms with Gasteiger partial charge in [0.2, 0.25) is 10.0 Å². The highest BCUT2D eigenvalue weighted by atomic mass is 32.2. The van der Waals surface area contributed by atoms with Gasteiger partial charge in [0.1, 0.15) is 18.0 Å². The first-order valence-corrected chi connectivity index (χ1v) is 8.09. The molecule has 19 heavy (non-hydrogen) atoms. The Morgan fingerprint density at radius 2 is 2.05 bits per heavy atom. The molecule has 1 unspecified atom stereocenters. The zero-order chi connectivity index (χ0) is 13.9. The first kappa shape index (κ1) is 14.3. The summed E-state index contributed by atoms with van der Waals surface area (Å²) < 4.78 is 29.9. The van der Waals surface area contributed by atoms with E-state index in [-0.39, 0.29) is 13.2 Å². The molecule has 1 heterocycles. The number of sulfonamides is 1. The van der Waals surface area contributed by atoms with Crippen molar-refractivity contribution in [2.45, 2.75) is 18.4 Å². The van der Waals surface area contributed by atoms with E-state index >= 15 is 0 Å². The third kappa shape index (κ3) is 3.92. The van der Waals surface area contributed by atoms with Crippen LogP contribution in [-0.2, 0) is 10.0 Å². The summed E-state index contributed by atoms with van der Waals surface area (Å²) in [5.41, 5.74) is -1.11. The van der Waals surface area contributed by atoms with Gasteiger partial charge in [-0.25, -0.2) is 8.42 Å². The average Bonchev–Trinajstić information content (AvgIpc) is 2.37. The maximum absolute atomic E-state index is 11.5. The standard InChI is InChI=1S/C13H19NO4S/c1-19(16,17)14-9-5-8-13(15,10-14)11-18-12-6-3-2-4-7-12/h2-4,6-7,15H,5,8-11H2,1H3. The lowest BCUT2D eigenvalue weighted by atomic mass is 9.95. The summed E-state index contributed by atoms with van der Waals surface area (Å²) in [6.07, 6.45) is 2.35. The minimum absolute atomic E-state index is 0.0959. The molecule has 1 aromatic carbocycles. The molecule has 1 aromatic rings. The van der Waals surface area contributed by atoms with E-state index in [0.29, 0.717) is 25.1 Å². The number of β-amino-alcohol motifs (C(OH)–C–C–N with tert-alkyl or cyclic N) is 1. The van der Waals surface area contributed by atoms with Gasteiger partial charge in [-0.05, 0) is 25.0 Å². The first-order valence-electron chi connectivity index (χ1n) is 6.24. The van der Waals surface area contributed by atoms with Crippen molar-refractivity contribution in [1.29, 1.82) is 0 Å². The number of rotatable bonds is 4. The summed E-state index contributed by atoms with van der Waals surface area (Å²) in [4.78, 5) is 0. The van der Waals surface area contributed by atoms with Gasteiger partial charge in [0.05, 0.1) is 6.26 Å². The molecule has 0 aromatic heterocycles. The number of hydrogen-bond donors (Lipinski definition) is 1. The predicted octanol–water partition coefficient (Wildman–Crippen LogP) is 0.852. The first-order chi connectivity index (χ1) is 8.89. The molecule has 1 aliphatic rings. The monoisotopic (exact) mass is 285 g/mol. The van der Waals surface area contributed by atoms with Gasteiger partial charge in [-0.15, -0.1) is 0 Å². The fraction of sp³-hybridized carbons (Fsp3) is 0.538. The Morgan fingerprint density at radius 1 is 1.37 bits per heavy atom. The fourth-order valence-corrected chi connectivity index (χ4v) is 3.14. The molecule has 1 fully saturated rings. The molecule has 0 amide bonds. The van der Waals surface area contributed by atoms with Gasteiger partial charge in [0.15, 0.2) is 0 Å². The van der Waals surface area contributed by atoms with Crippen molar-refractivity contribution in [3.8, 4) is 5.75 Å². The number of benzene rings is 1. The Hall–Kier alpha value is -1.11. The van der Waals surface area contributed by atoms with Crippen molar-refractivity contribution in [2.75, 3.05) is 26.0 Å². The number of ether oxygens (including phenoxy) is 1. The molecule has 2 rings (SSSR count). The van der Waals surface area contributed by atoms with Crippen molar-refractivity contribution in [3.05, 3.63) is 30.3 Å². The Bertz CT molecular complexity index is 517. The summed E-state index contributed by atoms with van der Waals surface area (Å²) in [5.74, 6) is 0.674. The third-order valence-electron chi connectivity index (χ3n) is 3.24. The number of piperidine rings is 1. The Labute approximate surface area is 113 Å². The molecule has 5 nitrogen and oxygen atoms in total. The lowest BCUT2D eigenvalue weighted by Gasteiger charge is -2.37. The van der Waals surface area contributed by atoms with E-state index in [0.717, 1.165) is 6.26 Å². The molecule has 0 saturated carbocycles. The van der Waals surface area contributed by atoms with E-state index in [1.54, 1.807) is 12.1 Å². The predicted molar refractivity (Wildman–Crippen MR) is 72.5 cm³/mol. The van der Waals surface area contributed by atoms with E-state index in [1.807, 2.05) is 18.2 Å². The van der Waals surface area contributed by atoms with E-state index in [2.05, 4.69) is 0 Å². The second-order valence-electron chi connectivity index (χ2n) is 5.03. The SMILES string of the molecule is CS(=O)(=O)N1CCCC(O)(COc2ccccc2)C1. The van der Waals surface area contributed by atoms with Gasteiger partial charge < -0.3 is 9.84 Å². The van der Waals surface area contributed by atoms with Gasteiger partial charge in [0.25, 0.3) is 0 Å². The minimum atomic E-state index is -3.26. The van der Waals surface area contributed by atoms with Crippen LogP contribution in [0, 0.1) is 0 Å². The van der Waals surface area contributed by atoms with Crippen LogP contribution >= 0.6 is 0 Å². The largest absolute Gasteiger partial charge is 0.491 e. The molecular formula is C13H19NO4S. The molecule has 1 atom stereocenters. The van der Waals surface area contributed by atoms with Crippen LogP contribution in [0.3, 0.4) is 0 Å². The van der Waals surface area contributed by atoms with Crippen LogP contribution < -0.4 is 4.74 Å². The Morgan fingerprint density at radius 3 is 2.68 bits per heavy atom. The molecule has 0 bridgehead atoms. The number of para-hydroxylation sites is 1. The highest BCUT2D eigenvalue weighted by molar-refractivity contribution is 7.88. The van der Waals surface area contributed by atoms with Crippen molar-refractivity contribution in [3.63, 3.8) is 0 Å². The van der Waals surface area contributed by atoms with E-state index in [1.165, 1.54) is 4.31 Å². The van der Waals surface area contributed by atoms with Crippen LogP contribution in [0.2, 0.25) is 0 Å². The molecule has 1 N–H and O–H groups in total. The summed E-state index contributed by atoms with van der Waals surface area (Å²) in [6.45, 7) is 0.661. The second-order valence-corrected chi connectivity index (χ2v) is 7.01. The molecule has 0 aliphatic carbocycles. The maximum atomic E-state index is 11.5. The summed E-state index contributed by atoms with van der Waals surface area (Å²) in [6, 6.07) is 9.20. The van der Waals surface area contributed by atoms with Gasteiger partial charge in [-0.2, -0.15) is 4.31 Å². The lowest BCUT2D eigenvalue weighted by Crippen LogP contribution is -2.53. The lowest BCUT2D eigenvalue weighted by molar-refractivity contribution is -0.0419. The Kier molecular flexibility index (Phi) is 4.13. The molecule has 106 valence electrons. The van der Waals surface area contributed by atoms with E-state index in [4.69, 9.17) is 4.74 Å². The zero-order valence-corrected chi connectivity index (χ0v) is 11.8. The maximum Gasteiger partial charge on any atom is 0.211 e. The quantitative estimate of drug-likeness (QED) is 0.890. The average molecular weight is 285 g/mol. The molecule has 0 radical (unpaired) electrons. The van der Waals surface area contributed by atoms with Crippen molar-refractivity contribution in [1.82, 2.24) is 4.31 Å². The molecule has 6 heteroatoms. The van der Waals surface area contributed by atoms with Crippen LogP contribution in [0.15, 0.2) is 30.3 Å². The topological polar surface area (TPSA) is 66.8 Å². The van der Waals surface area contributed by atoms with Gasteiger partial charge in [0, 0.05) is 13.1 Å². The smallest absolute Gasteiger partial charge is 0.211 e. The van der Waals surface area contributed by atoms with Crippen LogP contribution in [0.5, 0.6) is 5.75 Å². The summed E-state index contributed by atoms with van der Waals surface area (Å²) in [7, 11) is -3.26. The molecule has 0 spiro atoms. The molecule has 1 saturated heterocycles. The second kappa shape index (κ2) is 5.48. The fourth-order valence-electron chi connectivity index (χ4n) is 2.21. The van der Waals surface area contributed by atoms with Crippen LogP contribution in [0.25, 0.3) is 0 Å². The van der Waals surface area contributed by atoms with Gasteiger partial charge in [-0.1, -0.05) is 18.2 Å². The normalized spacial score (nSPS) is 25.2. The van der Waals surface area contributed by atoms with Crippen molar-refractivity contribution < 1.29 is 18.3 Å². The van der Waals surface area contributed by atoms with Crippen LogP contribution in [0.1, 0.15) is 12.8 Å². The molecular weight excluding hydrogens is 266 g/mol. The number of aliphatic hydroxyl groups is 1. The summed E-state index contributed by atoms with van der Waals surface area (Å²) in [5, 5.41) is 10.4. The third-order valence-corrected chi connectivity index (χ3v) is 4.49. The minimum Gasteiger partial charge on any atom is -0.491 e. The van der Waals surface area contributed by atoms with Crippen LogP contribution in [-0.4, -0.2) is 49.4 Å². The van der Waals surface area contributed by atoms with Gasteiger partial charge >= 0.3 is 0 Å². The Balaban J connectivity index is 1.98. The van der Waals surface area contributed by atoms with Crippen LogP contribution in [0.4, 0.5) is 0 Å². The zero-order valence-electron chi connectivity index (χ0n) is 10.9. The number of nitrogens with zero attached hydrogens (tertiary/aromatic N) is 1. The summed E-state index contributed by atoms with van der Waals surface area (Å²) >= 11 is 0. The molecule has 1 aliphatic heterocycles. The highest BCUT2D eigenvalue weighted by Gasteiger charge is 2.37. The van der Waals surface area contributed by atoms with E-state index < -0.39 is 15.6 Å². The highest BCUT2D eigenvalue weighted by Crippen LogP contribution is 2.24. The van der Waals surface area contributed by atoms with E-state index in [9.17, 15) is 13.5 Å². The number of hydrogen-bond acceptors (Lipinski definition) is 4. The van der Waals surface area contributed by atoms with Gasteiger partial charge in [-0.3, -0.25) is 0 Å².